The fourth-order valence-corrected chi connectivity index (χ4v) is 4.44. The summed E-state index contributed by atoms with van der Waals surface area (Å²) in [6.07, 6.45) is 3.38. The van der Waals surface area contributed by atoms with Crippen LogP contribution < -0.4 is 5.32 Å². The largest absolute Gasteiger partial charge is 0.506 e. The molecule has 0 bridgehead atoms. The molecule has 0 unspecified atom stereocenters. The molecule has 0 spiro atoms. The van der Waals surface area contributed by atoms with Gasteiger partial charge in [-0.25, -0.2) is 13.4 Å². The van der Waals surface area contributed by atoms with Crippen molar-refractivity contribution in [3.05, 3.63) is 42.1 Å². The number of sulfonamides is 1. The number of anilines is 1. The summed E-state index contributed by atoms with van der Waals surface area (Å²) in [5.74, 6) is -0.693. The predicted molar refractivity (Wildman–Crippen MR) is 102 cm³/mol. The Morgan fingerprint density at radius 1 is 1.27 bits per heavy atom. The summed E-state index contributed by atoms with van der Waals surface area (Å²) in [4.78, 5) is 16.6. The Hall–Kier alpha value is -2.10. The number of aromatic hydroxyl groups is 1. The highest BCUT2D eigenvalue weighted by molar-refractivity contribution is 7.98. The number of carbonyl (C=O) groups is 1. The van der Waals surface area contributed by atoms with Gasteiger partial charge in [0.05, 0.1) is 16.1 Å². The maximum absolute atomic E-state index is 12.6. The third-order valence-electron chi connectivity index (χ3n) is 3.77. The van der Waals surface area contributed by atoms with Crippen molar-refractivity contribution >= 4 is 33.4 Å². The molecule has 26 heavy (non-hydrogen) atoms. The standard InChI is InChI=1S/C17H21N3O4S2/c1-4-20(5-2)26(23,24)12-8-9-15(21)14(11-12)19-16(22)13-7-6-10-18-17(13)25-3/h6-11,21H,4-5H2,1-3H3,(H,19,22). The van der Waals surface area contributed by atoms with Crippen molar-refractivity contribution in [2.24, 2.45) is 0 Å². The summed E-state index contributed by atoms with van der Waals surface area (Å²) in [7, 11) is -3.70. The Morgan fingerprint density at radius 2 is 1.96 bits per heavy atom. The van der Waals surface area contributed by atoms with Crippen LogP contribution in [0.4, 0.5) is 5.69 Å². The number of rotatable bonds is 7. The highest BCUT2D eigenvalue weighted by Crippen LogP contribution is 2.29. The fourth-order valence-electron chi connectivity index (χ4n) is 2.40. The van der Waals surface area contributed by atoms with E-state index in [1.165, 1.54) is 34.3 Å². The lowest BCUT2D eigenvalue weighted by molar-refractivity contribution is 0.102. The third-order valence-corrected chi connectivity index (χ3v) is 6.53. The summed E-state index contributed by atoms with van der Waals surface area (Å²) < 4.78 is 26.6. The van der Waals surface area contributed by atoms with Crippen LogP contribution in [0, 0.1) is 0 Å². The molecule has 0 aliphatic rings. The van der Waals surface area contributed by atoms with Crippen molar-refractivity contribution in [3.8, 4) is 5.75 Å². The molecule has 2 rings (SSSR count). The summed E-state index contributed by atoms with van der Waals surface area (Å²) in [5, 5.41) is 13.1. The molecule has 140 valence electrons. The SMILES string of the molecule is CCN(CC)S(=O)(=O)c1ccc(O)c(NC(=O)c2cccnc2SC)c1. The van der Waals surface area contributed by atoms with Gasteiger partial charge in [0.15, 0.2) is 0 Å². The summed E-state index contributed by atoms with van der Waals surface area (Å²) >= 11 is 1.32. The van der Waals surface area contributed by atoms with Gasteiger partial charge in [-0.3, -0.25) is 4.79 Å². The molecule has 1 heterocycles. The van der Waals surface area contributed by atoms with E-state index in [2.05, 4.69) is 10.3 Å². The second-order valence-corrected chi connectivity index (χ2v) is 8.02. The Labute approximate surface area is 157 Å². The van der Waals surface area contributed by atoms with Crippen LogP contribution in [0.15, 0.2) is 46.5 Å². The molecule has 1 aromatic carbocycles. The molecule has 1 aromatic heterocycles. The number of nitrogens with one attached hydrogen (secondary N) is 1. The van der Waals surface area contributed by atoms with E-state index >= 15 is 0 Å². The summed E-state index contributed by atoms with van der Waals surface area (Å²) in [6, 6.07) is 7.08. The van der Waals surface area contributed by atoms with Gasteiger partial charge in [0, 0.05) is 19.3 Å². The normalized spacial score (nSPS) is 11.5. The molecule has 7 nitrogen and oxygen atoms in total. The van der Waals surface area contributed by atoms with E-state index < -0.39 is 15.9 Å². The molecule has 2 aromatic rings. The van der Waals surface area contributed by atoms with Crippen LogP contribution in [0.3, 0.4) is 0 Å². The van der Waals surface area contributed by atoms with Crippen molar-refractivity contribution < 1.29 is 18.3 Å². The van der Waals surface area contributed by atoms with Crippen LogP contribution in [-0.2, 0) is 10.0 Å². The van der Waals surface area contributed by atoms with Crippen molar-refractivity contribution in [2.75, 3.05) is 24.7 Å². The third kappa shape index (κ3) is 4.17. The van der Waals surface area contributed by atoms with E-state index in [0.29, 0.717) is 23.7 Å². The first-order valence-electron chi connectivity index (χ1n) is 7.98. The first-order chi connectivity index (χ1) is 12.3. The second-order valence-electron chi connectivity index (χ2n) is 5.28. The Balaban J connectivity index is 2.38. The number of benzene rings is 1. The van der Waals surface area contributed by atoms with Crippen LogP contribution in [0.2, 0.25) is 0 Å². The minimum atomic E-state index is -3.70. The maximum atomic E-state index is 12.6. The van der Waals surface area contributed by atoms with Crippen molar-refractivity contribution in [1.82, 2.24) is 9.29 Å². The zero-order chi connectivity index (χ0) is 19.3. The molecule has 0 radical (unpaired) electrons. The Bertz CT molecular complexity index is 897. The highest BCUT2D eigenvalue weighted by atomic mass is 32.2. The second kappa shape index (κ2) is 8.52. The maximum Gasteiger partial charge on any atom is 0.258 e. The van der Waals surface area contributed by atoms with Crippen LogP contribution in [0.5, 0.6) is 5.75 Å². The summed E-state index contributed by atoms with van der Waals surface area (Å²) in [5.41, 5.74) is 0.371. The molecular formula is C17H21N3O4S2. The molecular weight excluding hydrogens is 374 g/mol. The molecule has 0 aliphatic carbocycles. The van der Waals surface area contributed by atoms with Gasteiger partial charge in [-0.2, -0.15) is 4.31 Å². The lowest BCUT2D eigenvalue weighted by Gasteiger charge is -2.19. The van der Waals surface area contributed by atoms with E-state index in [9.17, 15) is 18.3 Å². The van der Waals surface area contributed by atoms with Crippen LogP contribution >= 0.6 is 11.8 Å². The Kier molecular flexibility index (Phi) is 6.63. The average Bonchev–Trinajstić information content (AvgIpc) is 2.64. The van der Waals surface area contributed by atoms with E-state index in [1.54, 1.807) is 38.4 Å². The van der Waals surface area contributed by atoms with Crippen molar-refractivity contribution in [3.63, 3.8) is 0 Å². The fraction of sp³-hybridized carbons (Fsp3) is 0.294. The van der Waals surface area contributed by atoms with Crippen LogP contribution in [0.1, 0.15) is 24.2 Å². The average molecular weight is 396 g/mol. The van der Waals surface area contributed by atoms with Crippen LogP contribution in [-0.4, -0.2) is 48.1 Å². The van der Waals surface area contributed by atoms with Gasteiger partial charge in [0.25, 0.3) is 5.91 Å². The number of amides is 1. The van der Waals surface area contributed by atoms with Crippen molar-refractivity contribution in [2.45, 2.75) is 23.8 Å². The van der Waals surface area contributed by atoms with Gasteiger partial charge < -0.3 is 10.4 Å². The van der Waals surface area contributed by atoms with E-state index in [1.807, 2.05) is 0 Å². The molecule has 0 aliphatic heterocycles. The topological polar surface area (TPSA) is 99.6 Å². The van der Waals surface area contributed by atoms with Gasteiger partial charge in [0.2, 0.25) is 10.0 Å². The number of nitrogens with zero attached hydrogens (tertiary/aromatic N) is 2. The van der Waals surface area contributed by atoms with E-state index in [4.69, 9.17) is 0 Å². The number of hydrogen-bond acceptors (Lipinski definition) is 6. The molecule has 0 atom stereocenters. The van der Waals surface area contributed by atoms with Gasteiger partial charge in [-0.1, -0.05) is 13.8 Å². The number of thioether (sulfide) groups is 1. The first-order valence-corrected chi connectivity index (χ1v) is 10.6. The summed E-state index contributed by atoms with van der Waals surface area (Å²) in [6.45, 7) is 4.15. The highest BCUT2D eigenvalue weighted by Gasteiger charge is 2.23. The number of carbonyl (C=O) groups excluding carboxylic acids is 1. The number of aromatic nitrogens is 1. The number of hydrogen-bond donors (Lipinski definition) is 2. The zero-order valence-electron chi connectivity index (χ0n) is 14.8. The smallest absolute Gasteiger partial charge is 0.258 e. The number of phenols is 1. The van der Waals surface area contributed by atoms with Gasteiger partial charge in [-0.05, 0) is 36.6 Å². The zero-order valence-corrected chi connectivity index (χ0v) is 16.4. The first kappa shape index (κ1) is 20.2. The van der Waals surface area contributed by atoms with E-state index in [0.717, 1.165) is 0 Å². The molecule has 2 N–H and O–H groups in total. The lowest BCUT2D eigenvalue weighted by Crippen LogP contribution is -2.30. The minimum Gasteiger partial charge on any atom is -0.506 e. The van der Waals surface area contributed by atoms with Gasteiger partial charge in [0.1, 0.15) is 10.8 Å². The molecule has 0 saturated carbocycles. The Morgan fingerprint density at radius 3 is 2.58 bits per heavy atom. The number of phenolic OH excluding ortho intramolecular Hbond substituents is 1. The molecule has 0 saturated heterocycles. The van der Waals surface area contributed by atoms with Crippen molar-refractivity contribution in [1.29, 1.82) is 0 Å². The lowest BCUT2D eigenvalue weighted by atomic mass is 10.2. The van der Waals surface area contributed by atoms with Crippen LogP contribution in [0.25, 0.3) is 0 Å². The van der Waals surface area contributed by atoms with Gasteiger partial charge >= 0.3 is 0 Å². The van der Waals surface area contributed by atoms with E-state index in [-0.39, 0.29) is 16.3 Å². The monoisotopic (exact) mass is 395 g/mol. The van der Waals surface area contributed by atoms with Gasteiger partial charge in [-0.15, -0.1) is 11.8 Å². The molecule has 0 fully saturated rings. The minimum absolute atomic E-state index is 0.00516. The predicted octanol–water partition coefficient (Wildman–Crippen LogP) is 2.79. The molecule has 1 amide bonds. The quantitative estimate of drug-likeness (QED) is 0.552. The number of pyridine rings is 1. The molecule has 9 heteroatoms.